The number of rotatable bonds is 6. The molecule has 2 heterocycles. The van der Waals surface area contributed by atoms with Crippen molar-refractivity contribution in [3.8, 4) is 0 Å². The van der Waals surface area contributed by atoms with E-state index < -0.39 is 5.97 Å². The molecule has 2 aliphatic heterocycles. The third kappa shape index (κ3) is 5.28. The molecule has 0 spiro atoms. The number of hydrogen-bond acceptors (Lipinski definition) is 6. The molecule has 0 saturated carbocycles. The van der Waals surface area contributed by atoms with Crippen molar-refractivity contribution in [1.29, 1.82) is 0 Å². The molecule has 7 nitrogen and oxygen atoms in total. The van der Waals surface area contributed by atoms with E-state index in [9.17, 15) is 9.59 Å². The molecule has 148 valence electrons. The van der Waals surface area contributed by atoms with Gasteiger partial charge in [0.1, 0.15) is 0 Å². The van der Waals surface area contributed by atoms with Crippen molar-refractivity contribution in [2.24, 2.45) is 0 Å². The van der Waals surface area contributed by atoms with Gasteiger partial charge < -0.3 is 19.1 Å². The van der Waals surface area contributed by atoms with Crippen LogP contribution in [-0.4, -0.2) is 87.4 Å². The van der Waals surface area contributed by atoms with Gasteiger partial charge in [-0.1, -0.05) is 0 Å². The van der Waals surface area contributed by atoms with Crippen LogP contribution in [0, 0.1) is 0 Å². The molecule has 0 radical (unpaired) electrons. The van der Waals surface area contributed by atoms with Gasteiger partial charge in [-0.2, -0.15) is 0 Å². The molecule has 2 fully saturated rings. The Morgan fingerprint density at radius 3 is 2.26 bits per heavy atom. The van der Waals surface area contributed by atoms with Crippen LogP contribution in [0.3, 0.4) is 0 Å². The second-order valence-corrected chi connectivity index (χ2v) is 6.87. The summed E-state index contributed by atoms with van der Waals surface area (Å²) in [4.78, 5) is 29.1. The maximum atomic E-state index is 13.2. The summed E-state index contributed by atoms with van der Waals surface area (Å²) in [6, 6.07) is 6.88. The molecule has 7 heteroatoms. The second kappa shape index (κ2) is 9.82. The maximum absolute atomic E-state index is 13.2. The van der Waals surface area contributed by atoms with Gasteiger partial charge >= 0.3 is 5.97 Å². The molecule has 0 unspecified atom stereocenters. The number of benzene rings is 1. The molecule has 27 heavy (non-hydrogen) atoms. The van der Waals surface area contributed by atoms with Gasteiger partial charge in [-0.15, -0.1) is 0 Å². The van der Waals surface area contributed by atoms with Gasteiger partial charge in [0, 0.05) is 51.0 Å². The number of carbonyl (C=O) groups is 2. The number of amides is 1. The highest BCUT2D eigenvalue weighted by atomic mass is 16.5. The highest BCUT2D eigenvalue weighted by Gasteiger charge is 2.27. The normalized spacial score (nSPS) is 18.9. The predicted molar refractivity (Wildman–Crippen MR) is 99.9 cm³/mol. The van der Waals surface area contributed by atoms with Gasteiger partial charge in [0.25, 0.3) is 5.91 Å². The molecule has 3 rings (SSSR count). The lowest BCUT2D eigenvalue weighted by atomic mass is 10.0. The van der Waals surface area contributed by atoms with E-state index in [2.05, 4.69) is 4.90 Å². The molecule has 0 atom stereocenters. The van der Waals surface area contributed by atoms with Crippen LogP contribution in [0.4, 0.5) is 0 Å². The first kappa shape index (κ1) is 19.8. The second-order valence-electron chi connectivity index (χ2n) is 6.87. The van der Waals surface area contributed by atoms with E-state index >= 15 is 0 Å². The molecule has 1 amide bonds. The summed E-state index contributed by atoms with van der Waals surface area (Å²) in [5.41, 5.74) is 1.04. The lowest BCUT2D eigenvalue weighted by Crippen LogP contribution is -2.48. The van der Waals surface area contributed by atoms with Gasteiger partial charge in [-0.25, -0.2) is 4.79 Å². The van der Waals surface area contributed by atoms with Crippen molar-refractivity contribution in [2.75, 3.05) is 59.7 Å². The van der Waals surface area contributed by atoms with E-state index in [0.29, 0.717) is 30.9 Å². The highest BCUT2D eigenvalue weighted by molar-refractivity contribution is 5.96. The summed E-state index contributed by atoms with van der Waals surface area (Å²) < 4.78 is 15.6. The fourth-order valence-electron chi connectivity index (χ4n) is 3.55. The quantitative estimate of drug-likeness (QED) is 0.700. The average molecular weight is 376 g/mol. The van der Waals surface area contributed by atoms with Gasteiger partial charge in [0.05, 0.1) is 25.9 Å². The Bertz CT molecular complexity index is 622. The summed E-state index contributed by atoms with van der Waals surface area (Å²) in [5.74, 6) is -0.394. The summed E-state index contributed by atoms with van der Waals surface area (Å²) in [6.45, 7) is 6.21. The van der Waals surface area contributed by atoms with Crippen LogP contribution in [-0.2, 0) is 14.2 Å². The zero-order valence-corrected chi connectivity index (χ0v) is 15.9. The van der Waals surface area contributed by atoms with Crippen LogP contribution in [0.25, 0.3) is 0 Å². The molecule has 1 aromatic rings. The van der Waals surface area contributed by atoms with E-state index in [0.717, 1.165) is 45.7 Å². The first-order chi connectivity index (χ1) is 13.2. The molecular formula is C20H28N2O5. The zero-order valence-electron chi connectivity index (χ0n) is 15.9. The molecule has 0 aromatic heterocycles. The number of methoxy groups -OCH3 is 1. The molecule has 1 aromatic carbocycles. The molecule has 0 aliphatic carbocycles. The Hall–Kier alpha value is -1.96. The topological polar surface area (TPSA) is 68.3 Å². The van der Waals surface area contributed by atoms with Crippen molar-refractivity contribution < 1.29 is 23.8 Å². The number of esters is 1. The SMILES string of the molecule is COC(=O)c1ccc(C(=O)N(CCN2CCOCC2)C2CCOCC2)cc1. The van der Waals surface area contributed by atoms with Crippen LogP contribution in [0.2, 0.25) is 0 Å². The first-order valence-electron chi connectivity index (χ1n) is 9.56. The fraction of sp³-hybridized carbons (Fsp3) is 0.600. The summed E-state index contributed by atoms with van der Waals surface area (Å²) >= 11 is 0. The number of carbonyl (C=O) groups excluding carboxylic acids is 2. The van der Waals surface area contributed by atoms with Crippen LogP contribution >= 0.6 is 0 Å². The number of morpholine rings is 1. The minimum Gasteiger partial charge on any atom is -0.465 e. The predicted octanol–water partition coefficient (Wildman–Crippen LogP) is 1.43. The average Bonchev–Trinajstić information content (AvgIpc) is 2.75. The van der Waals surface area contributed by atoms with Gasteiger partial charge in [-0.3, -0.25) is 9.69 Å². The summed E-state index contributed by atoms with van der Waals surface area (Å²) in [5, 5.41) is 0. The Morgan fingerprint density at radius 1 is 1.04 bits per heavy atom. The third-order valence-electron chi connectivity index (χ3n) is 5.21. The highest BCUT2D eigenvalue weighted by Crippen LogP contribution is 2.18. The Morgan fingerprint density at radius 2 is 1.63 bits per heavy atom. The fourth-order valence-corrected chi connectivity index (χ4v) is 3.55. The smallest absolute Gasteiger partial charge is 0.337 e. The number of hydrogen-bond donors (Lipinski definition) is 0. The van der Waals surface area contributed by atoms with Gasteiger partial charge in [0.2, 0.25) is 0 Å². The van der Waals surface area contributed by atoms with Crippen molar-refractivity contribution in [1.82, 2.24) is 9.80 Å². The Balaban J connectivity index is 1.69. The lowest BCUT2D eigenvalue weighted by Gasteiger charge is -2.36. The molecular weight excluding hydrogens is 348 g/mol. The van der Waals surface area contributed by atoms with E-state index in [4.69, 9.17) is 14.2 Å². The van der Waals surface area contributed by atoms with Crippen LogP contribution in [0.1, 0.15) is 33.6 Å². The molecule has 0 N–H and O–H groups in total. The maximum Gasteiger partial charge on any atom is 0.337 e. The van der Waals surface area contributed by atoms with E-state index in [1.807, 2.05) is 4.90 Å². The van der Waals surface area contributed by atoms with Crippen molar-refractivity contribution >= 4 is 11.9 Å². The first-order valence-corrected chi connectivity index (χ1v) is 9.56. The van der Waals surface area contributed by atoms with Crippen molar-refractivity contribution in [3.63, 3.8) is 0 Å². The monoisotopic (exact) mass is 376 g/mol. The minimum absolute atomic E-state index is 0.00609. The Labute approximate surface area is 160 Å². The minimum atomic E-state index is -0.400. The number of nitrogens with zero attached hydrogens (tertiary/aromatic N) is 2. The molecule has 2 saturated heterocycles. The lowest BCUT2D eigenvalue weighted by molar-refractivity contribution is 0.0141. The van der Waals surface area contributed by atoms with Crippen molar-refractivity contribution in [2.45, 2.75) is 18.9 Å². The third-order valence-corrected chi connectivity index (χ3v) is 5.21. The zero-order chi connectivity index (χ0) is 19.1. The van der Waals surface area contributed by atoms with Crippen LogP contribution in [0.5, 0.6) is 0 Å². The molecule has 0 bridgehead atoms. The van der Waals surface area contributed by atoms with Gasteiger partial charge in [-0.05, 0) is 37.1 Å². The van der Waals surface area contributed by atoms with E-state index in [1.54, 1.807) is 24.3 Å². The molecule has 2 aliphatic rings. The summed E-state index contributed by atoms with van der Waals surface area (Å²) in [7, 11) is 1.35. The number of ether oxygens (including phenoxy) is 3. The van der Waals surface area contributed by atoms with Gasteiger partial charge in [0.15, 0.2) is 0 Å². The Kier molecular flexibility index (Phi) is 7.20. The van der Waals surface area contributed by atoms with Crippen LogP contribution in [0.15, 0.2) is 24.3 Å². The standard InChI is InChI=1S/C20H28N2O5/c1-25-20(24)17-4-2-16(3-5-17)19(23)22(18-6-12-26-13-7-18)9-8-21-10-14-27-15-11-21/h2-5,18H,6-15H2,1H3. The van der Waals surface area contributed by atoms with Crippen molar-refractivity contribution in [3.05, 3.63) is 35.4 Å². The van der Waals surface area contributed by atoms with E-state index in [-0.39, 0.29) is 11.9 Å². The largest absolute Gasteiger partial charge is 0.465 e. The summed E-state index contributed by atoms with van der Waals surface area (Å²) in [6.07, 6.45) is 1.71. The van der Waals surface area contributed by atoms with E-state index in [1.165, 1.54) is 7.11 Å². The van der Waals surface area contributed by atoms with Crippen LogP contribution < -0.4 is 0 Å².